The van der Waals surface area contributed by atoms with Gasteiger partial charge < -0.3 is 10.1 Å². The molecule has 0 aliphatic carbocycles. The fourth-order valence-electron chi connectivity index (χ4n) is 1.72. The van der Waals surface area contributed by atoms with Crippen LogP contribution in [-0.4, -0.2) is 62.8 Å². The molecule has 0 spiro atoms. The highest BCUT2D eigenvalue weighted by molar-refractivity contribution is 7.99. The van der Waals surface area contributed by atoms with Gasteiger partial charge in [0, 0.05) is 38.0 Å². The third-order valence-electron chi connectivity index (χ3n) is 2.65. The van der Waals surface area contributed by atoms with Gasteiger partial charge in [0.25, 0.3) is 0 Å². The normalized spacial score (nSPS) is 28.6. The predicted molar refractivity (Wildman–Crippen MR) is 58.5 cm³/mol. The molecule has 1 rings (SSSR count). The van der Waals surface area contributed by atoms with E-state index in [1.807, 2.05) is 11.8 Å². The van der Waals surface area contributed by atoms with Gasteiger partial charge in [-0.1, -0.05) is 0 Å². The Kier molecular flexibility index (Phi) is 5.09. The van der Waals surface area contributed by atoms with Crippen molar-refractivity contribution >= 4 is 11.8 Å². The third kappa shape index (κ3) is 3.13. The van der Waals surface area contributed by atoms with Crippen LogP contribution in [0.5, 0.6) is 0 Å². The molecule has 0 aromatic carbocycles. The number of nitrogens with zero attached hydrogens (tertiary/aromatic N) is 1. The van der Waals surface area contributed by atoms with Crippen LogP contribution in [-0.2, 0) is 4.74 Å². The molecule has 1 fully saturated rings. The van der Waals surface area contributed by atoms with E-state index in [0.29, 0.717) is 6.04 Å². The Bertz CT molecular complexity index is 146. The zero-order valence-corrected chi connectivity index (χ0v) is 9.56. The Balaban J connectivity index is 2.31. The van der Waals surface area contributed by atoms with E-state index in [1.165, 1.54) is 0 Å². The second-order valence-corrected chi connectivity index (χ2v) is 4.55. The van der Waals surface area contributed by atoms with Crippen molar-refractivity contribution in [3.05, 3.63) is 0 Å². The van der Waals surface area contributed by atoms with Gasteiger partial charge in [0.05, 0.1) is 6.61 Å². The monoisotopic (exact) mass is 204 g/mol. The Morgan fingerprint density at radius 2 is 2.31 bits per heavy atom. The van der Waals surface area contributed by atoms with Crippen LogP contribution in [0.4, 0.5) is 0 Å². The number of thioether (sulfide) groups is 1. The molecule has 1 aliphatic rings. The molecule has 78 valence electrons. The highest BCUT2D eigenvalue weighted by Gasteiger charge is 2.28. The van der Waals surface area contributed by atoms with E-state index in [1.54, 1.807) is 7.11 Å². The minimum atomic E-state index is 0.671. The van der Waals surface area contributed by atoms with Gasteiger partial charge in [-0.25, -0.2) is 0 Å². The molecule has 4 heteroatoms. The number of nitrogens with one attached hydrogen (secondary N) is 1. The molecule has 13 heavy (non-hydrogen) atoms. The Morgan fingerprint density at radius 1 is 1.54 bits per heavy atom. The number of likely N-dealkylation sites (N-methyl/N-ethyl adjacent to an activating group) is 1. The van der Waals surface area contributed by atoms with Crippen molar-refractivity contribution in [2.24, 2.45) is 0 Å². The lowest BCUT2D eigenvalue weighted by Gasteiger charge is -2.27. The van der Waals surface area contributed by atoms with Crippen LogP contribution in [0.3, 0.4) is 0 Å². The molecule has 2 unspecified atom stereocenters. The Morgan fingerprint density at radius 3 is 2.92 bits per heavy atom. The lowest BCUT2D eigenvalue weighted by atomic mass is 10.2. The molecule has 0 bridgehead atoms. The molecule has 1 saturated heterocycles. The average molecular weight is 204 g/mol. The van der Waals surface area contributed by atoms with E-state index in [2.05, 4.69) is 23.5 Å². The van der Waals surface area contributed by atoms with E-state index in [0.717, 1.165) is 31.5 Å². The fourth-order valence-corrected chi connectivity index (χ4v) is 2.62. The first-order chi connectivity index (χ1) is 6.29. The van der Waals surface area contributed by atoms with Crippen LogP contribution in [0.1, 0.15) is 0 Å². The highest BCUT2D eigenvalue weighted by atomic mass is 32.2. The van der Waals surface area contributed by atoms with Gasteiger partial charge in [0.15, 0.2) is 0 Å². The summed E-state index contributed by atoms with van der Waals surface area (Å²) in [4.78, 5) is 2.39. The van der Waals surface area contributed by atoms with Crippen molar-refractivity contribution < 1.29 is 4.74 Å². The molecule has 0 radical (unpaired) electrons. The lowest BCUT2D eigenvalue weighted by Crippen LogP contribution is -2.40. The second kappa shape index (κ2) is 5.86. The van der Waals surface area contributed by atoms with Gasteiger partial charge in [0.2, 0.25) is 0 Å². The van der Waals surface area contributed by atoms with Crippen LogP contribution in [0.25, 0.3) is 0 Å². The van der Waals surface area contributed by atoms with Crippen LogP contribution < -0.4 is 5.32 Å². The maximum absolute atomic E-state index is 5.07. The number of rotatable bonds is 5. The van der Waals surface area contributed by atoms with Crippen molar-refractivity contribution in [1.82, 2.24) is 10.2 Å². The van der Waals surface area contributed by atoms with Crippen molar-refractivity contribution in [2.45, 2.75) is 11.3 Å². The molecule has 3 nitrogen and oxygen atoms in total. The minimum absolute atomic E-state index is 0.671. The van der Waals surface area contributed by atoms with Crippen molar-refractivity contribution in [2.75, 3.05) is 46.7 Å². The van der Waals surface area contributed by atoms with Crippen molar-refractivity contribution in [1.29, 1.82) is 0 Å². The maximum Gasteiger partial charge on any atom is 0.0589 e. The lowest BCUT2D eigenvalue weighted by molar-refractivity contribution is 0.144. The molecule has 1 heterocycles. The number of hydrogen-bond donors (Lipinski definition) is 1. The summed E-state index contributed by atoms with van der Waals surface area (Å²) in [6, 6.07) is 0.671. The standard InChI is InChI=1S/C9H20N2OS/c1-11(4-5-12-2)8-6-10-7-9(8)13-3/h8-10H,4-7H2,1-3H3. The maximum atomic E-state index is 5.07. The van der Waals surface area contributed by atoms with Crippen LogP contribution in [0.15, 0.2) is 0 Å². The summed E-state index contributed by atoms with van der Waals surface area (Å²) < 4.78 is 5.07. The molecular weight excluding hydrogens is 184 g/mol. The highest BCUT2D eigenvalue weighted by Crippen LogP contribution is 2.18. The van der Waals surface area contributed by atoms with Gasteiger partial charge in [0.1, 0.15) is 0 Å². The van der Waals surface area contributed by atoms with Crippen LogP contribution in [0.2, 0.25) is 0 Å². The van der Waals surface area contributed by atoms with E-state index >= 15 is 0 Å². The van der Waals surface area contributed by atoms with Gasteiger partial charge >= 0.3 is 0 Å². The van der Waals surface area contributed by atoms with Crippen molar-refractivity contribution in [3.63, 3.8) is 0 Å². The topological polar surface area (TPSA) is 24.5 Å². The Hall–Kier alpha value is 0.230. The van der Waals surface area contributed by atoms with Crippen molar-refractivity contribution in [3.8, 4) is 0 Å². The number of methoxy groups -OCH3 is 1. The minimum Gasteiger partial charge on any atom is -0.383 e. The molecule has 0 aromatic rings. The third-order valence-corrected chi connectivity index (χ3v) is 3.73. The summed E-state index contributed by atoms with van der Waals surface area (Å²) in [7, 11) is 3.94. The summed E-state index contributed by atoms with van der Waals surface area (Å²) in [5, 5.41) is 4.17. The quantitative estimate of drug-likeness (QED) is 0.695. The number of ether oxygens (including phenoxy) is 1. The smallest absolute Gasteiger partial charge is 0.0589 e. The molecule has 0 aromatic heterocycles. The van der Waals surface area contributed by atoms with E-state index < -0.39 is 0 Å². The van der Waals surface area contributed by atoms with Crippen LogP contribution >= 0.6 is 11.8 Å². The van der Waals surface area contributed by atoms with Crippen LogP contribution in [0, 0.1) is 0 Å². The first-order valence-corrected chi connectivity index (χ1v) is 6.01. The summed E-state index contributed by atoms with van der Waals surface area (Å²) in [5.74, 6) is 0. The molecule has 2 atom stereocenters. The van der Waals surface area contributed by atoms with Gasteiger partial charge in [-0.2, -0.15) is 11.8 Å². The van der Waals surface area contributed by atoms with E-state index in [4.69, 9.17) is 4.74 Å². The molecule has 0 saturated carbocycles. The van der Waals surface area contributed by atoms with Gasteiger partial charge in [-0.3, -0.25) is 4.90 Å². The first-order valence-electron chi connectivity index (χ1n) is 4.72. The molecule has 0 amide bonds. The van der Waals surface area contributed by atoms with Gasteiger partial charge in [-0.15, -0.1) is 0 Å². The largest absolute Gasteiger partial charge is 0.383 e. The summed E-state index contributed by atoms with van der Waals surface area (Å²) in [5.41, 5.74) is 0. The summed E-state index contributed by atoms with van der Waals surface area (Å²) >= 11 is 1.96. The summed E-state index contributed by atoms with van der Waals surface area (Å²) in [6.07, 6.45) is 2.19. The zero-order chi connectivity index (χ0) is 9.68. The molecule has 1 N–H and O–H groups in total. The second-order valence-electron chi connectivity index (χ2n) is 3.47. The molecule has 1 aliphatic heterocycles. The predicted octanol–water partition coefficient (Wildman–Crippen LogP) is 0.268. The SMILES string of the molecule is COCCN(C)C1CNCC1SC. The first kappa shape index (κ1) is 11.3. The van der Waals surface area contributed by atoms with E-state index in [-0.39, 0.29) is 0 Å². The van der Waals surface area contributed by atoms with Gasteiger partial charge in [-0.05, 0) is 13.3 Å². The summed E-state index contributed by atoms with van der Waals surface area (Å²) in [6.45, 7) is 4.11. The average Bonchev–Trinajstić information content (AvgIpc) is 2.61. The molecular formula is C9H20N2OS. The number of hydrogen-bond acceptors (Lipinski definition) is 4. The Labute approximate surface area is 85.2 Å². The zero-order valence-electron chi connectivity index (χ0n) is 8.75. The fraction of sp³-hybridized carbons (Fsp3) is 1.00. The van der Waals surface area contributed by atoms with E-state index in [9.17, 15) is 0 Å².